The summed E-state index contributed by atoms with van der Waals surface area (Å²) in [5.74, 6) is 0.696. The van der Waals surface area contributed by atoms with Gasteiger partial charge in [0.2, 0.25) is 0 Å². The number of carbonyl (C=O) groups excluding carboxylic acids is 2. The van der Waals surface area contributed by atoms with Gasteiger partial charge in [-0.25, -0.2) is 0 Å². The van der Waals surface area contributed by atoms with Crippen LogP contribution in [0.25, 0.3) is 0 Å². The molecule has 0 saturated heterocycles. The smallest absolute Gasteiger partial charge is 0.135 e. The van der Waals surface area contributed by atoms with Crippen LogP contribution >= 0.6 is 0 Å². The predicted octanol–water partition coefficient (Wildman–Crippen LogP) is 6.49. The highest BCUT2D eigenvalue weighted by Gasteiger charge is 2.46. The zero-order valence-electron chi connectivity index (χ0n) is 17.9. The number of benzene rings is 1. The molecule has 0 unspecified atom stereocenters. The van der Waals surface area contributed by atoms with Gasteiger partial charge in [-0.15, -0.1) is 0 Å². The Bertz CT molecular complexity index is 637. The standard InChI is InChI=1S/C25H38O2/c1-20(26)24(3,4)16-11-9-15-23-14-8-7-13-22(23)12-6-5-10-17-25(18-19-25)21(2)27/h7-8,13-14H,5-6,9-12,15-19H2,1-4H3. The Balaban J connectivity index is 1.70. The van der Waals surface area contributed by atoms with E-state index in [1.807, 2.05) is 0 Å². The molecule has 0 bridgehead atoms. The summed E-state index contributed by atoms with van der Waals surface area (Å²) in [6.45, 7) is 7.58. The lowest BCUT2D eigenvalue weighted by Gasteiger charge is -2.20. The predicted molar refractivity (Wildman–Crippen MR) is 113 cm³/mol. The Morgan fingerprint density at radius 3 is 1.93 bits per heavy atom. The Labute approximate surface area is 166 Å². The number of Topliss-reactive ketones (excluding diaryl/α,β-unsaturated/α-hetero) is 2. The van der Waals surface area contributed by atoms with E-state index in [1.54, 1.807) is 13.8 Å². The van der Waals surface area contributed by atoms with Crippen molar-refractivity contribution in [3.8, 4) is 0 Å². The number of unbranched alkanes of at least 4 members (excludes halogenated alkanes) is 3. The minimum absolute atomic E-state index is 0.0750. The fourth-order valence-electron chi connectivity index (χ4n) is 3.99. The first-order valence-electron chi connectivity index (χ1n) is 10.9. The number of hydrogen-bond acceptors (Lipinski definition) is 2. The van der Waals surface area contributed by atoms with Gasteiger partial charge in [-0.1, -0.05) is 57.4 Å². The molecule has 0 atom stereocenters. The Hall–Kier alpha value is -1.44. The van der Waals surface area contributed by atoms with Crippen LogP contribution in [0.5, 0.6) is 0 Å². The first-order chi connectivity index (χ1) is 12.8. The van der Waals surface area contributed by atoms with E-state index in [2.05, 4.69) is 38.1 Å². The van der Waals surface area contributed by atoms with Crippen LogP contribution in [-0.2, 0) is 22.4 Å². The molecule has 1 aliphatic rings. The van der Waals surface area contributed by atoms with E-state index in [4.69, 9.17) is 0 Å². The van der Waals surface area contributed by atoms with Gasteiger partial charge >= 0.3 is 0 Å². The fourth-order valence-corrected chi connectivity index (χ4v) is 3.99. The molecule has 0 heterocycles. The second-order valence-corrected chi connectivity index (χ2v) is 9.31. The van der Waals surface area contributed by atoms with Crippen LogP contribution < -0.4 is 0 Å². The molecule has 1 aliphatic carbocycles. The Kier molecular flexibility index (Phi) is 7.82. The van der Waals surface area contributed by atoms with E-state index in [0.29, 0.717) is 11.6 Å². The Morgan fingerprint density at radius 2 is 1.44 bits per heavy atom. The lowest BCUT2D eigenvalue weighted by Crippen LogP contribution is -2.21. The van der Waals surface area contributed by atoms with Crippen molar-refractivity contribution in [2.24, 2.45) is 10.8 Å². The summed E-state index contributed by atoms with van der Waals surface area (Å²) in [5.41, 5.74) is 2.85. The van der Waals surface area contributed by atoms with E-state index >= 15 is 0 Å². The summed E-state index contributed by atoms with van der Waals surface area (Å²) in [6, 6.07) is 8.82. The first-order valence-corrected chi connectivity index (χ1v) is 10.9. The normalized spacial score (nSPS) is 15.6. The third-order valence-corrected chi connectivity index (χ3v) is 6.77. The number of rotatable bonds is 13. The van der Waals surface area contributed by atoms with Crippen LogP contribution in [0, 0.1) is 10.8 Å². The molecular weight excluding hydrogens is 332 g/mol. The van der Waals surface area contributed by atoms with Gasteiger partial charge in [0, 0.05) is 10.8 Å². The van der Waals surface area contributed by atoms with Crippen molar-refractivity contribution in [2.75, 3.05) is 0 Å². The largest absolute Gasteiger partial charge is 0.299 e. The van der Waals surface area contributed by atoms with Crippen molar-refractivity contribution in [3.63, 3.8) is 0 Å². The summed E-state index contributed by atoms with van der Waals surface area (Å²) < 4.78 is 0. The average molecular weight is 371 g/mol. The summed E-state index contributed by atoms with van der Waals surface area (Å²) in [7, 11) is 0. The summed E-state index contributed by atoms with van der Waals surface area (Å²) in [5, 5.41) is 0. The lowest BCUT2D eigenvalue weighted by atomic mass is 9.83. The van der Waals surface area contributed by atoms with E-state index in [-0.39, 0.29) is 10.8 Å². The molecule has 1 aromatic carbocycles. The second kappa shape index (κ2) is 9.66. The topological polar surface area (TPSA) is 34.1 Å². The molecule has 27 heavy (non-hydrogen) atoms. The lowest BCUT2D eigenvalue weighted by molar-refractivity contribution is -0.125. The van der Waals surface area contributed by atoms with Crippen molar-refractivity contribution >= 4 is 11.6 Å². The van der Waals surface area contributed by atoms with Crippen molar-refractivity contribution < 1.29 is 9.59 Å². The quantitative estimate of drug-likeness (QED) is 0.372. The number of hydrogen-bond donors (Lipinski definition) is 0. The molecule has 0 N–H and O–H groups in total. The monoisotopic (exact) mass is 370 g/mol. The highest BCUT2D eigenvalue weighted by atomic mass is 16.1. The number of aryl methyl sites for hydroxylation is 2. The molecule has 2 nitrogen and oxygen atoms in total. The van der Waals surface area contributed by atoms with Crippen LogP contribution in [0.15, 0.2) is 24.3 Å². The van der Waals surface area contributed by atoms with Gasteiger partial charge in [-0.05, 0) is 76.3 Å². The maximum atomic E-state index is 11.7. The molecule has 2 heteroatoms. The fraction of sp³-hybridized carbons (Fsp3) is 0.680. The molecule has 1 aromatic rings. The minimum atomic E-state index is -0.182. The van der Waals surface area contributed by atoms with Crippen molar-refractivity contribution in [1.82, 2.24) is 0 Å². The zero-order chi connectivity index (χ0) is 19.9. The summed E-state index contributed by atoms with van der Waals surface area (Å²) in [6.07, 6.45) is 12.4. The van der Waals surface area contributed by atoms with Gasteiger partial charge in [0.05, 0.1) is 0 Å². The molecule has 0 aliphatic heterocycles. The van der Waals surface area contributed by atoms with Crippen LogP contribution in [0.4, 0.5) is 0 Å². The zero-order valence-corrected chi connectivity index (χ0v) is 17.9. The van der Waals surface area contributed by atoms with Crippen LogP contribution in [0.2, 0.25) is 0 Å². The van der Waals surface area contributed by atoms with E-state index in [1.165, 1.54) is 30.4 Å². The minimum Gasteiger partial charge on any atom is -0.299 e. The molecule has 2 rings (SSSR count). The van der Waals surface area contributed by atoms with Gasteiger partial charge < -0.3 is 0 Å². The van der Waals surface area contributed by atoms with E-state index in [0.717, 1.165) is 51.4 Å². The molecule has 0 aromatic heterocycles. The van der Waals surface area contributed by atoms with Gasteiger partial charge in [0.1, 0.15) is 11.6 Å². The molecule has 150 valence electrons. The maximum Gasteiger partial charge on any atom is 0.135 e. The van der Waals surface area contributed by atoms with Gasteiger partial charge in [-0.2, -0.15) is 0 Å². The third kappa shape index (κ3) is 6.59. The average Bonchev–Trinajstić information content (AvgIpc) is 3.40. The summed E-state index contributed by atoms with van der Waals surface area (Å²) in [4.78, 5) is 23.3. The van der Waals surface area contributed by atoms with Gasteiger partial charge in [0.25, 0.3) is 0 Å². The van der Waals surface area contributed by atoms with Gasteiger partial charge in [-0.3, -0.25) is 9.59 Å². The van der Waals surface area contributed by atoms with Crippen molar-refractivity contribution in [2.45, 2.75) is 98.3 Å². The van der Waals surface area contributed by atoms with Crippen molar-refractivity contribution in [3.05, 3.63) is 35.4 Å². The highest BCUT2D eigenvalue weighted by molar-refractivity contribution is 5.84. The summed E-state index contributed by atoms with van der Waals surface area (Å²) >= 11 is 0. The maximum absolute atomic E-state index is 11.7. The van der Waals surface area contributed by atoms with Crippen LogP contribution in [0.3, 0.4) is 0 Å². The molecule has 0 radical (unpaired) electrons. The van der Waals surface area contributed by atoms with Crippen LogP contribution in [-0.4, -0.2) is 11.6 Å². The third-order valence-electron chi connectivity index (χ3n) is 6.77. The van der Waals surface area contributed by atoms with Crippen LogP contribution in [0.1, 0.15) is 96.6 Å². The molecule has 0 amide bonds. The SMILES string of the molecule is CC(=O)C(C)(C)CCCCc1ccccc1CCCCCC1(C(C)=O)CC1. The second-order valence-electron chi connectivity index (χ2n) is 9.31. The highest BCUT2D eigenvalue weighted by Crippen LogP contribution is 2.50. The molecular formula is C25H38O2. The van der Waals surface area contributed by atoms with E-state index in [9.17, 15) is 9.59 Å². The number of carbonyl (C=O) groups is 2. The number of ketones is 2. The molecule has 1 saturated carbocycles. The van der Waals surface area contributed by atoms with E-state index < -0.39 is 0 Å². The first kappa shape index (κ1) is 21.9. The van der Waals surface area contributed by atoms with Crippen molar-refractivity contribution in [1.29, 1.82) is 0 Å². The molecule has 0 spiro atoms. The Morgan fingerprint density at radius 1 is 0.889 bits per heavy atom. The molecule has 1 fully saturated rings. The van der Waals surface area contributed by atoms with Gasteiger partial charge in [0.15, 0.2) is 0 Å².